The molecule has 1 aliphatic heterocycles. The Morgan fingerprint density at radius 3 is 1.65 bits per heavy atom. The van der Waals surface area contributed by atoms with Gasteiger partial charge in [0.15, 0.2) is 11.5 Å². The monoisotopic (exact) mass is 416 g/mol. The molecule has 4 rings (SSSR count). The van der Waals surface area contributed by atoms with E-state index in [4.69, 9.17) is 18.8 Å². The van der Waals surface area contributed by atoms with E-state index in [9.17, 15) is 0 Å². The zero-order valence-electron chi connectivity index (χ0n) is 18.6. The number of benzene rings is 3. The van der Waals surface area contributed by atoms with Crippen LogP contribution in [-0.2, 0) is 22.5 Å². The summed E-state index contributed by atoms with van der Waals surface area (Å²) in [6.45, 7) is 9.14. The summed E-state index contributed by atoms with van der Waals surface area (Å²) in [7, 11) is -0.452. The van der Waals surface area contributed by atoms with Crippen molar-refractivity contribution in [3.8, 4) is 11.5 Å². The lowest BCUT2D eigenvalue weighted by molar-refractivity contribution is 0.00578. The van der Waals surface area contributed by atoms with Crippen LogP contribution in [0.15, 0.2) is 78.9 Å². The Morgan fingerprint density at radius 1 is 0.645 bits per heavy atom. The normalized spacial score (nSPS) is 16.8. The quantitative estimate of drug-likeness (QED) is 0.500. The number of rotatable bonds is 7. The van der Waals surface area contributed by atoms with E-state index in [2.05, 4.69) is 27.7 Å². The Balaban J connectivity index is 1.57. The zero-order chi connectivity index (χ0) is 21.9. The molecule has 1 heterocycles. The first kappa shape index (κ1) is 21.5. The maximum absolute atomic E-state index is 6.22. The molecule has 0 unspecified atom stereocenters. The highest BCUT2D eigenvalue weighted by Gasteiger charge is 2.51. The lowest BCUT2D eigenvalue weighted by Gasteiger charge is -2.32. The Hall–Kier alpha value is -2.76. The summed E-state index contributed by atoms with van der Waals surface area (Å²) in [5.41, 5.74) is 2.31. The molecule has 31 heavy (non-hydrogen) atoms. The maximum Gasteiger partial charge on any atom is 0.494 e. The zero-order valence-corrected chi connectivity index (χ0v) is 18.6. The van der Waals surface area contributed by atoms with E-state index in [0.29, 0.717) is 24.7 Å². The molecule has 0 atom stereocenters. The molecule has 1 aliphatic rings. The second-order valence-corrected chi connectivity index (χ2v) is 8.84. The third-order valence-corrected chi connectivity index (χ3v) is 5.97. The summed E-state index contributed by atoms with van der Waals surface area (Å²) in [5.74, 6) is 1.37. The van der Waals surface area contributed by atoms with Gasteiger partial charge in [-0.25, -0.2) is 0 Å². The Bertz CT molecular complexity index is 986. The standard InChI is InChI=1S/C26H29BO4/c1-25(2)26(3,4)31-27(30-25)22-15-16-23(28-18-20-11-7-5-8-12-20)24(17-22)29-19-21-13-9-6-10-14-21/h5-17H,18-19H2,1-4H3. The molecule has 0 aromatic heterocycles. The van der Waals surface area contributed by atoms with Gasteiger partial charge in [-0.3, -0.25) is 0 Å². The highest BCUT2D eigenvalue weighted by molar-refractivity contribution is 6.62. The van der Waals surface area contributed by atoms with Crippen molar-refractivity contribution < 1.29 is 18.8 Å². The van der Waals surface area contributed by atoms with Crippen LogP contribution in [0, 0.1) is 0 Å². The van der Waals surface area contributed by atoms with Gasteiger partial charge in [-0.05, 0) is 56.4 Å². The van der Waals surface area contributed by atoms with E-state index in [1.54, 1.807) is 0 Å². The van der Waals surface area contributed by atoms with Crippen LogP contribution >= 0.6 is 0 Å². The molecule has 0 N–H and O–H groups in total. The van der Waals surface area contributed by atoms with Gasteiger partial charge in [-0.1, -0.05) is 66.7 Å². The molecule has 5 heteroatoms. The molecular formula is C26H29BO4. The van der Waals surface area contributed by atoms with Gasteiger partial charge in [0.25, 0.3) is 0 Å². The third kappa shape index (κ3) is 4.95. The average molecular weight is 416 g/mol. The maximum atomic E-state index is 6.22. The fourth-order valence-corrected chi connectivity index (χ4v) is 3.35. The predicted octanol–water partition coefficient (Wildman–Crippen LogP) is 5.14. The minimum atomic E-state index is -0.452. The molecular weight excluding hydrogens is 387 g/mol. The van der Waals surface area contributed by atoms with E-state index in [1.807, 2.05) is 78.9 Å². The largest absolute Gasteiger partial charge is 0.494 e. The highest BCUT2D eigenvalue weighted by atomic mass is 16.7. The first-order valence-corrected chi connectivity index (χ1v) is 10.7. The van der Waals surface area contributed by atoms with Crippen molar-refractivity contribution in [1.29, 1.82) is 0 Å². The van der Waals surface area contributed by atoms with Crippen LogP contribution in [-0.4, -0.2) is 18.3 Å². The van der Waals surface area contributed by atoms with E-state index < -0.39 is 18.3 Å². The third-order valence-electron chi connectivity index (χ3n) is 5.97. The summed E-state index contributed by atoms with van der Waals surface area (Å²) in [4.78, 5) is 0. The average Bonchev–Trinajstić information content (AvgIpc) is 2.99. The lowest BCUT2D eigenvalue weighted by Crippen LogP contribution is -2.41. The molecule has 4 nitrogen and oxygen atoms in total. The summed E-state index contributed by atoms with van der Waals surface area (Å²) in [6, 6.07) is 26.1. The molecule has 0 amide bonds. The van der Waals surface area contributed by atoms with Crippen molar-refractivity contribution in [3.05, 3.63) is 90.0 Å². The second kappa shape index (κ2) is 8.78. The van der Waals surface area contributed by atoms with Crippen LogP contribution in [0.25, 0.3) is 0 Å². The molecule has 160 valence electrons. The topological polar surface area (TPSA) is 36.9 Å². The van der Waals surface area contributed by atoms with Gasteiger partial charge in [0, 0.05) is 0 Å². The van der Waals surface area contributed by atoms with Crippen molar-refractivity contribution in [2.45, 2.75) is 52.1 Å². The molecule has 0 bridgehead atoms. The van der Waals surface area contributed by atoms with Crippen LogP contribution in [0.2, 0.25) is 0 Å². The van der Waals surface area contributed by atoms with E-state index >= 15 is 0 Å². The molecule has 0 spiro atoms. The van der Waals surface area contributed by atoms with Gasteiger partial charge in [-0.2, -0.15) is 0 Å². The van der Waals surface area contributed by atoms with Crippen molar-refractivity contribution >= 4 is 12.6 Å². The highest BCUT2D eigenvalue weighted by Crippen LogP contribution is 2.37. The molecule has 3 aromatic carbocycles. The Kier molecular flexibility index (Phi) is 6.08. The van der Waals surface area contributed by atoms with Crippen molar-refractivity contribution in [2.24, 2.45) is 0 Å². The van der Waals surface area contributed by atoms with Crippen LogP contribution in [0.4, 0.5) is 0 Å². The lowest BCUT2D eigenvalue weighted by atomic mass is 9.79. The number of hydrogen-bond acceptors (Lipinski definition) is 4. The molecule has 0 aliphatic carbocycles. The van der Waals surface area contributed by atoms with Crippen LogP contribution < -0.4 is 14.9 Å². The molecule has 0 saturated carbocycles. The van der Waals surface area contributed by atoms with Crippen LogP contribution in [0.1, 0.15) is 38.8 Å². The Labute approximate surface area is 185 Å². The van der Waals surface area contributed by atoms with E-state index in [0.717, 1.165) is 16.6 Å². The first-order valence-electron chi connectivity index (χ1n) is 10.7. The Morgan fingerprint density at radius 2 is 1.13 bits per heavy atom. The van der Waals surface area contributed by atoms with Crippen molar-refractivity contribution in [3.63, 3.8) is 0 Å². The summed E-state index contributed by atoms with van der Waals surface area (Å²) in [6.07, 6.45) is 0. The predicted molar refractivity (Wildman–Crippen MR) is 124 cm³/mol. The van der Waals surface area contributed by atoms with Crippen molar-refractivity contribution in [1.82, 2.24) is 0 Å². The van der Waals surface area contributed by atoms with Crippen LogP contribution in [0.5, 0.6) is 11.5 Å². The fourth-order valence-electron chi connectivity index (χ4n) is 3.35. The molecule has 1 fully saturated rings. The van der Waals surface area contributed by atoms with Gasteiger partial charge in [0.05, 0.1) is 11.2 Å². The summed E-state index contributed by atoms with van der Waals surface area (Å²) < 4.78 is 24.7. The summed E-state index contributed by atoms with van der Waals surface area (Å²) in [5, 5.41) is 0. The fraction of sp³-hybridized carbons (Fsp3) is 0.308. The van der Waals surface area contributed by atoms with E-state index in [1.165, 1.54) is 0 Å². The van der Waals surface area contributed by atoms with Gasteiger partial charge in [0.2, 0.25) is 0 Å². The molecule has 0 radical (unpaired) electrons. The number of hydrogen-bond donors (Lipinski definition) is 0. The number of ether oxygens (including phenoxy) is 2. The van der Waals surface area contributed by atoms with Crippen molar-refractivity contribution in [2.75, 3.05) is 0 Å². The molecule has 1 saturated heterocycles. The molecule has 3 aromatic rings. The second-order valence-electron chi connectivity index (χ2n) is 8.84. The SMILES string of the molecule is CC1(C)OB(c2ccc(OCc3ccccc3)c(OCc3ccccc3)c2)OC1(C)C. The van der Waals surface area contributed by atoms with Crippen LogP contribution in [0.3, 0.4) is 0 Å². The minimum Gasteiger partial charge on any atom is -0.485 e. The van der Waals surface area contributed by atoms with Gasteiger partial charge in [0.1, 0.15) is 13.2 Å². The van der Waals surface area contributed by atoms with Gasteiger partial charge >= 0.3 is 7.12 Å². The summed E-state index contributed by atoms with van der Waals surface area (Å²) >= 11 is 0. The van der Waals surface area contributed by atoms with Gasteiger partial charge in [-0.15, -0.1) is 0 Å². The smallest absolute Gasteiger partial charge is 0.485 e. The minimum absolute atomic E-state index is 0.398. The first-order chi connectivity index (χ1) is 14.8. The van der Waals surface area contributed by atoms with Gasteiger partial charge < -0.3 is 18.8 Å². The van der Waals surface area contributed by atoms with E-state index in [-0.39, 0.29) is 0 Å².